The van der Waals surface area contributed by atoms with Crippen molar-refractivity contribution < 1.29 is 23.6 Å². The molecule has 0 aliphatic carbocycles. The Bertz CT molecular complexity index is 457. The van der Waals surface area contributed by atoms with E-state index < -0.39 is 28.0 Å². The topological polar surface area (TPSA) is 80.7 Å². The van der Waals surface area contributed by atoms with Crippen LogP contribution in [-0.2, 0) is 31.7 Å². The third-order valence-corrected chi connectivity index (χ3v) is 4.05. The molecule has 0 aromatic heterocycles. The number of rotatable bonds is 7. The number of hydrogen-bond acceptors (Lipinski definition) is 4. The lowest BCUT2D eigenvalue weighted by Crippen LogP contribution is -2.27. The molecule has 0 amide bonds. The first-order valence-corrected chi connectivity index (χ1v) is 7.18. The number of carbonyl (C=O) groups is 2. The summed E-state index contributed by atoms with van der Waals surface area (Å²) in [6.45, 7) is 1.60. The fourth-order valence-corrected chi connectivity index (χ4v) is 2.33. The van der Waals surface area contributed by atoms with Crippen molar-refractivity contribution >= 4 is 22.7 Å². The Morgan fingerprint density at radius 3 is 2.53 bits per heavy atom. The molecule has 0 fully saturated rings. The van der Waals surface area contributed by atoms with Crippen LogP contribution in [0.1, 0.15) is 18.9 Å². The quantitative estimate of drug-likeness (QED) is 0.764. The maximum absolute atomic E-state index is 11.6. The van der Waals surface area contributed by atoms with Gasteiger partial charge < -0.3 is 9.84 Å². The van der Waals surface area contributed by atoms with Gasteiger partial charge in [-0.2, -0.15) is 0 Å². The Morgan fingerprint density at radius 1 is 1.32 bits per heavy atom. The number of carboxylic acids is 1. The third-order valence-electron chi connectivity index (χ3n) is 2.47. The molecule has 0 bridgehead atoms. The van der Waals surface area contributed by atoms with Gasteiger partial charge in [0.25, 0.3) is 0 Å². The maximum Gasteiger partial charge on any atom is 0.321 e. The summed E-state index contributed by atoms with van der Waals surface area (Å²) in [7, 11) is -1.53. The molecule has 0 saturated heterocycles. The maximum atomic E-state index is 11.6. The molecule has 2 unspecified atom stereocenters. The van der Waals surface area contributed by atoms with Crippen molar-refractivity contribution in [2.24, 2.45) is 0 Å². The van der Waals surface area contributed by atoms with Gasteiger partial charge in [-0.15, -0.1) is 0 Å². The van der Waals surface area contributed by atoms with Gasteiger partial charge >= 0.3 is 11.9 Å². The first-order chi connectivity index (χ1) is 9.00. The predicted molar refractivity (Wildman–Crippen MR) is 71.0 cm³/mol. The van der Waals surface area contributed by atoms with E-state index in [0.29, 0.717) is 0 Å². The third kappa shape index (κ3) is 5.65. The van der Waals surface area contributed by atoms with Gasteiger partial charge in [0.1, 0.15) is 11.9 Å². The van der Waals surface area contributed by atoms with E-state index in [1.165, 1.54) is 6.92 Å². The summed E-state index contributed by atoms with van der Waals surface area (Å²) < 4.78 is 16.7. The van der Waals surface area contributed by atoms with Gasteiger partial charge in [-0.3, -0.25) is 13.8 Å². The van der Waals surface area contributed by atoms with Crippen LogP contribution in [0.2, 0.25) is 0 Å². The van der Waals surface area contributed by atoms with Gasteiger partial charge in [0.05, 0.1) is 6.42 Å². The van der Waals surface area contributed by atoms with Gasteiger partial charge in [0.15, 0.2) is 0 Å². The van der Waals surface area contributed by atoms with Crippen LogP contribution in [0, 0.1) is 0 Å². The average Bonchev–Trinajstić information content (AvgIpc) is 2.42. The molecule has 0 aliphatic heterocycles. The largest absolute Gasteiger partial charge is 0.481 e. The van der Waals surface area contributed by atoms with Gasteiger partial charge in [-0.1, -0.05) is 30.3 Å². The number of ether oxygens (including phenoxy) is 1. The Hall–Kier alpha value is -1.69. The minimum atomic E-state index is -1.53. The molecule has 0 saturated carbocycles. The zero-order valence-electron chi connectivity index (χ0n) is 10.6. The smallest absolute Gasteiger partial charge is 0.321 e. The van der Waals surface area contributed by atoms with E-state index >= 15 is 0 Å². The minimum absolute atomic E-state index is 0.0447. The standard InChI is InChI=1S/C13H16O5S/c1-10(19(17)8-7-12(14)15)13(16)18-9-11-5-3-2-4-6-11/h2-6,10H,7-9H2,1H3,(H,14,15). The van der Waals surface area contributed by atoms with Crippen molar-refractivity contribution in [3.8, 4) is 0 Å². The molecule has 6 heteroatoms. The lowest BCUT2D eigenvalue weighted by atomic mass is 10.2. The second-order valence-corrected chi connectivity index (χ2v) is 5.84. The molecule has 0 heterocycles. The van der Waals surface area contributed by atoms with Crippen LogP contribution < -0.4 is 0 Å². The molecule has 1 aromatic carbocycles. The fraction of sp³-hybridized carbons (Fsp3) is 0.385. The fourth-order valence-electron chi connectivity index (χ4n) is 1.32. The highest BCUT2D eigenvalue weighted by atomic mass is 32.2. The number of hydrogen-bond donors (Lipinski definition) is 1. The second-order valence-electron chi connectivity index (χ2n) is 3.96. The first kappa shape index (κ1) is 15.4. The van der Waals surface area contributed by atoms with Crippen molar-refractivity contribution in [1.29, 1.82) is 0 Å². The number of esters is 1. The van der Waals surface area contributed by atoms with Crippen LogP contribution in [-0.4, -0.2) is 32.3 Å². The number of carbonyl (C=O) groups excluding carboxylic acids is 1. The van der Waals surface area contributed by atoms with E-state index in [0.717, 1.165) is 5.56 Å². The molecule has 0 spiro atoms. The highest BCUT2D eigenvalue weighted by Gasteiger charge is 2.21. The van der Waals surface area contributed by atoms with Crippen molar-refractivity contribution in [3.63, 3.8) is 0 Å². The van der Waals surface area contributed by atoms with Crippen LogP contribution >= 0.6 is 0 Å². The summed E-state index contributed by atoms with van der Waals surface area (Å²) >= 11 is 0. The Kier molecular flexibility index (Phi) is 6.21. The van der Waals surface area contributed by atoms with E-state index in [1.807, 2.05) is 30.3 Å². The van der Waals surface area contributed by atoms with Gasteiger partial charge in [0.2, 0.25) is 0 Å². The van der Waals surface area contributed by atoms with Crippen LogP contribution in [0.3, 0.4) is 0 Å². The minimum Gasteiger partial charge on any atom is -0.481 e. The lowest BCUT2D eigenvalue weighted by molar-refractivity contribution is -0.144. The van der Waals surface area contributed by atoms with Crippen LogP contribution in [0.4, 0.5) is 0 Å². The Balaban J connectivity index is 2.40. The Labute approximate surface area is 114 Å². The highest BCUT2D eigenvalue weighted by molar-refractivity contribution is 7.86. The van der Waals surface area contributed by atoms with Crippen molar-refractivity contribution in [1.82, 2.24) is 0 Å². The number of carboxylic acid groups (broad SMARTS) is 1. The van der Waals surface area contributed by atoms with E-state index in [-0.39, 0.29) is 18.8 Å². The molecule has 0 radical (unpaired) electrons. The predicted octanol–water partition coefficient (Wildman–Crippen LogP) is 1.34. The normalized spacial score (nSPS) is 13.5. The SMILES string of the molecule is CC(C(=O)OCc1ccccc1)S(=O)CCC(=O)O. The average molecular weight is 284 g/mol. The number of aliphatic carboxylic acids is 1. The Morgan fingerprint density at radius 2 is 1.95 bits per heavy atom. The zero-order valence-corrected chi connectivity index (χ0v) is 11.4. The molecule has 1 aromatic rings. The zero-order chi connectivity index (χ0) is 14.3. The van der Waals surface area contributed by atoms with Crippen molar-refractivity contribution in [2.75, 3.05) is 5.75 Å². The van der Waals surface area contributed by atoms with Gasteiger partial charge in [0, 0.05) is 16.6 Å². The van der Waals surface area contributed by atoms with Crippen molar-refractivity contribution in [2.45, 2.75) is 25.2 Å². The first-order valence-electron chi connectivity index (χ1n) is 5.80. The van der Waals surface area contributed by atoms with Crippen molar-refractivity contribution in [3.05, 3.63) is 35.9 Å². The lowest BCUT2D eigenvalue weighted by Gasteiger charge is -2.10. The molecule has 0 aliphatic rings. The monoisotopic (exact) mass is 284 g/mol. The summed E-state index contributed by atoms with van der Waals surface area (Å²) in [5, 5.41) is 7.67. The summed E-state index contributed by atoms with van der Waals surface area (Å²) in [6.07, 6.45) is -0.219. The van der Waals surface area contributed by atoms with E-state index in [9.17, 15) is 13.8 Å². The summed E-state index contributed by atoms with van der Waals surface area (Å²) in [5.74, 6) is -1.65. The molecular formula is C13H16O5S. The van der Waals surface area contributed by atoms with E-state index in [1.54, 1.807) is 0 Å². The molecular weight excluding hydrogens is 268 g/mol. The van der Waals surface area contributed by atoms with Gasteiger partial charge in [-0.25, -0.2) is 0 Å². The summed E-state index contributed by atoms with van der Waals surface area (Å²) in [6, 6.07) is 9.16. The molecule has 19 heavy (non-hydrogen) atoms. The summed E-state index contributed by atoms with van der Waals surface area (Å²) in [5.41, 5.74) is 0.847. The molecule has 1 N–H and O–H groups in total. The molecule has 5 nitrogen and oxygen atoms in total. The van der Waals surface area contributed by atoms with Crippen LogP contribution in [0.15, 0.2) is 30.3 Å². The second kappa shape index (κ2) is 7.68. The van der Waals surface area contributed by atoms with Crippen LogP contribution in [0.25, 0.3) is 0 Å². The summed E-state index contributed by atoms with van der Waals surface area (Å²) in [4.78, 5) is 22.0. The molecule has 1 rings (SSSR count). The highest BCUT2D eigenvalue weighted by Crippen LogP contribution is 2.05. The molecule has 104 valence electrons. The van der Waals surface area contributed by atoms with Crippen LogP contribution in [0.5, 0.6) is 0 Å². The van der Waals surface area contributed by atoms with E-state index in [4.69, 9.17) is 9.84 Å². The van der Waals surface area contributed by atoms with Gasteiger partial charge in [-0.05, 0) is 12.5 Å². The molecule has 2 atom stereocenters. The van der Waals surface area contributed by atoms with E-state index in [2.05, 4.69) is 0 Å². The number of benzene rings is 1.